The Kier molecular flexibility index (Phi) is 3.97. The van der Waals surface area contributed by atoms with Crippen LogP contribution in [-0.4, -0.2) is 17.6 Å². The molecule has 0 radical (unpaired) electrons. The Labute approximate surface area is 97.9 Å². The molecule has 0 bridgehead atoms. The Hall–Kier alpha value is -0.610. The quantitative estimate of drug-likeness (QED) is 0.720. The van der Waals surface area contributed by atoms with E-state index in [0.717, 1.165) is 12.8 Å². The first-order chi connectivity index (χ1) is 7.25. The van der Waals surface area contributed by atoms with Crippen LogP contribution in [0, 0.1) is 5.41 Å². The van der Waals surface area contributed by atoms with Crippen molar-refractivity contribution in [3.8, 4) is 0 Å². The fourth-order valence-corrected chi connectivity index (χ4v) is 1.56. The van der Waals surface area contributed by atoms with Crippen LogP contribution in [0.3, 0.4) is 0 Å². The van der Waals surface area contributed by atoms with Gasteiger partial charge in [0.25, 0.3) is 5.91 Å². The first-order valence-corrected chi connectivity index (χ1v) is 6.00. The van der Waals surface area contributed by atoms with Gasteiger partial charge in [-0.2, -0.15) is 0 Å². The normalized spacial score (nSPS) is 18.8. The molecule has 4 nitrogen and oxygen atoms in total. The second kappa shape index (κ2) is 4.72. The molecule has 1 aliphatic rings. The average molecular weight is 228 g/mol. The van der Waals surface area contributed by atoms with E-state index < -0.39 is 11.0 Å². The van der Waals surface area contributed by atoms with Gasteiger partial charge in [0.2, 0.25) is 0 Å². The molecule has 3 N–H and O–H groups in total. The maximum atomic E-state index is 12.0. The van der Waals surface area contributed by atoms with Crippen LogP contribution in [0.25, 0.3) is 0 Å². The highest BCUT2D eigenvalue weighted by atomic mass is 16.7. The number of carbonyl (C=O) groups is 1. The Bertz CT molecular complexity index is 250. The first kappa shape index (κ1) is 13.5. The van der Waals surface area contributed by atoms with E-state index >= 15 is 0 Å². The van der Waals surface area contributed by atoms with E-state index in [-0.39, 0.29) is 12.0 Å². The van der Waals surface area contributed by atoms with Crippen LogP contribution in [0.5, 0.6) is 0 Å². The molecule has 1 saturated carbocycles. The van der Waals surface area contributed by atoms with E-state index in [1.807, 2.05) is 27.7 Å². The summed E-state index contributed by atoms with van der Waals surface area (Å²) in [4.78, 5) is 17.3. The van der Waals surface area contributed by atoms with E-state index in [1.165, 1.54) is 12.8 Å². The smallest absolute Gasteiger partial charge is 0.251 e. The molecule has 1 fully saturated rings. The largest absolute Gasteiger partial charge is 0.325 e. The van der Waals surface area contributed by atoms with Gasteiger partial charge in [0.05, 0.1) is 11.5 Å². The van der Waals surface area contributed by atoms with Crippen LogP contribution in [0.2, 0.25) is 0 Å². The second-order valence-corrected chi connectivity index (χ2v) is 5.80. The van der Waals surface area contributed by atoms with Crippen LogP contribution in [0.4, 0.5) is 0 Å². The summed E-state index contributed by atoms with van der Waals surface area (Å²) in [5.74, 6) is -0.146. The summed E-state index contributed by atoms with van der Waals surface area (Å²) in [5, 5.41) is 0. The van der Waals surface area contributed by atoms with E-state index in [9.17, 15) is 4.79 Å². The Morgan fingerprint density at radius 3 is 2.19 bits per heavy atom. The van der Waals surface area contributed by atoms with Crippen LogP contribution in [0.1, 0.15) is 53.4 Å². The molecular weight excluding hydrogens is 204 g/mol. The highest BCUT2D eigenvalue weighted by molar-refractivity contribution is 5.82. The van der Waals surface area contributed by atoms with Crippen molar-refractivity contribution in [1.82, 2.24) is 5.48 Å². The average Bonchev–Trinajstić information content (AvgIpc) is 2.64. The zero-order valence-corrected chi connectivity index (χ0v) is 10.8. The fraction of sp³-hybridized carbons (Fsp3) is 0.917. The third kappa shape index (κ3) is 2.95. The van der Waals surface area contributed by atoms with E-state index in [0.29, 0.717) is 0 Å². The molecule has 0 aromatic rings. The molecular formula is C12H24N2O2. The van der Waals surface area contributed by atoms with E-state index in [2.05, 4.69) is 5.48 Å². The van der Waals surface area contributed by atoms with Crippen molar-refractivity contribution < 1.29 is 9.63 Å². The predicted octanol–water partition coefficient (Wildman–Crippen LogP) is 1.74. The minimum atomic E-state index is -0.647. The highest BCUT2D eigenvalue weighted by Gasteiger charge is 2.40. The van der Waals surface area contributed by atoms with Gasteiger partial charge >= 0.3 is 0 Å². The van der Waals surface area contributed by atoms with Gasteiger partial charge in [-0.15, -0.1) is 0 Å². The van der Waals surface area contributed by atoms with E-state index in [1.54, 1.807) is 0 Å². The van der Waals surface area contributed by atoms with Crippen molar-refractivity contribution in [2.45, 2.75) is 65.0 Å². The molecule has 0 unspecified atom stereocenters. The number of carbonyl (C=O) groups excluding carboxylic acids is 1. The molecule has 0 spiro atoms. The minimum Gasteiger partial charge on any atom is -0.325 e. The van der Waals surface area contributed by atoms with Crippen molar-refractivity contribution in [3.63, 3.8) is 0 Å². The lowest BCUT2D eigenvalue weighted by Crippen LogP contribution is -2.55. The van der Waals surface area contributed by atoms with Gasteiger partial charge in [-0.3, -0.25) is 9.63 Å². The molecule has 0 aromatic heterocycles. The molecule has 1 aliphatic carbocycles. The zero-order chi connectivity index (χ0) is 12.4. The summed E-state index contributed by atoms with van der Waals surface area (Å²) >= 11 is 0. The lowest BCUT2D eigenvalue weighted by atomic mass is 9.75. The SMILES string of the molecule is CC(C)(N)C(C)(C)C(=O)NOC1CCCC1. The van der Waals surface area contributed by atoms with Crippen LogP contribution < -0.4 is 11.2 Å². The second-order valence-electron chi connectivity index (χ2n) is 5.80. The maximum Gasteiger partial charge on any atom is 0.251 e. The number of nitrogens with two attached hydrogens (primary N) is 1. The number of nitrogens with one attached hydrogen (secondary N) is 1. The van der Waals surface area contributed by atoms with Crippen LogP contribution in [-0.2, 0) is 9.63 Å². The highest BCUT2D eigenvalue weighted by Crippen LogP contribution is 2.28. The molecule has 16 heavy (non-hydrogen) atoms. The summed E-state index contributed by atoms with van der Waals surface area (Å²) in [6, 6.07) is 0. The van der Waals surface area contributed by atoms with Crippen molar-refractivity contribution in [2.75, 3.05) is 0 Å². The van der Waals surface area contributed by atoms with Crippen molar-refractivity contribution in [1.29, 1.82) is 0 Å². The number of hydrogen-bond donors (Lipinski definition) is 2. The topological polar surface area (TPSA) is 64.4 Å². The lowest BCUT2D eigenvalue weighted by Gasteiger charge is -2.36. The maximum absolute atomic E-state index is 12.0. The van der Waals surface area contributed by atoms with Crippen molar-refractivity contribution >= 4 is 5.91 Å². The summed E-state index contributed by atoms with van der Waals surface area (Å²) in [6.07, 6.45) is 4.62. The van der Waals surface area contributed by atoms with Crippen molar-refractivity contribution in [2.24, 2.45) is 11.1 Å². The number of amides is 1. The molecule has 0 atom stereocenters. The first-order valence-electron chi connectivity index (χ1n) is 6.00. The molecule has 0 saturated heterocycles. The zero-order valence-electron chi connectivity index (χ0n) is 10.8. The number of hydrogen-bond acceptors (Lipinski definition) is 3. The summed E-state index contributed by atoms with van der Waals surface area (Å²) in [5.41, 5.74) is 7.31. The van der Waals surface area contributed by atoms with Crippen LogP contribution >= 0.6 is 0 Å². The lowest BCUT2D eigenvalue weighted by molar-refractivity contribution is -0.150. The molecule has 94 valence electrons. The molecule has 0 aliphatic heterocycles. The molecule has 0 heterocycles. The van der Waals surface area contributed by atoms with Gasteiger partial charge in [-0.25, -0.2) is 5.48 Å². The van der Waals surface area contributed by atoms with E-state index in [4.69, 9.17) is 10.6 Å². The number of hydroxylamine groups is 1. The monoisotopic (exact) mass is 228 g/mol. The minimum absolute atomic E-state index is 0.146. The summed E-state index contributed by atoms with van der Waals surface area (Å²) in [6.45, 7) is 7.37. The number of rotatable bonds is 4. The summed E-state index contributed by atoms with van der Waals surface area (Å²) in [7, 11) is 0. The third-order valence-corrected chi connectivity index (χ3v) is 3.80. The third-order valence-electron chi connectivity index (χ3n) is 3.80. The van der Waals surface area contributed by atoms with Gasteiger partial charge in [-0.1, -0.05) is 12.8 Å². The van der Waals surface area contributed by atoms with Gasteiger partial charge in [0.15, 0.2) is 0 Å². The van der Waals surface area contributed by atoms with Gasteiger partial charge < -0.3 is 5.73 Å². The Morgan fingerprint density at radius 1 is 1.25 bits per heavy atom. The molecule has 1 rings (SSSR count). The summed E-state index contributed by atoms with van der Waals surface area (Å²) < 4.78 is 0. The standard InChI is InChI=1S/C12H24N2O2/c1-11(2,12(3,4)13)10(15)14-16-9-7-5-6-8-9/h9H,5-8,13H2,1-4H3,(H,14,15). The predicted molar refractivity (Wildman–Crippen MR) is 63.5 cm³/mol. The molecule has 4 heteroatoms. The van der Waals surface area contributed by atoms with Crippen LogP contribution in [0.15, 0.2) is 0 Å². The van der Waals surface area contributed by atoms with Crippen molar-refractivity contribution in [3.05, 3.63) is 0 Å². The van der Waals surface area contributed by atoms with Gasteiger partial charge in [-0.05, 0) is 40.5 Å². The Balaban J connectivity index is 2.45. The van der Waals surface area contributed by atoms with Gasteiger partial charge in [0, 0.05) is 5.54 Å². The van der Waals surface area contributed by atoms with Gasteiger partial charge in [0.1, 0.15) is 0 Å². The molecule has 1 amide bonds. The molecule has 0 aromatic carbocycles. The Morgan fingerprint density at radius 2 is 1.75 bits per heavy atom. The fourth-order valence-electron chi connectivity index (χ4n) is 1.56.